The minimum absolute atomic E-state index is 0.175. The van der Waals surface area contributed by atoms with Crippen LogP contribution in [-0.2, 0) is 0 Å². The van der Waals surface area contributed by atoms with E-state index < -0.39 is 0 Å². The van der Waals surface area contributed by atoms with Crippen LogP contribution in [0.1, 0.15) is 50.7 Å². The van der Waals surface area contributed by atoms with Crippen molar-refractivity contribution in [3.05, 3.63) is 133 Å². The largest absolute Gasteiger partial charge is 0.507 e. The van der Waals surface area contributed by atoms with Gasteiger partial charge < -0.3 is 5.11 Å². The molecule has 2 aromatic heterocycles. The summed E-state index contributed by atoms with van der Waals surface area (Å²) in [4.78, 5) is 15.9. The van der Waals surface area contributed by atoms with Gasteiger partial charge in [-0.25, -0.2) is 9.97 Å². The molecule has 44 heavy (non-hydrogen) atoms. The van der Waals surface area contributed by atoms with Crippen LogP contribution in [0.2, 0.25) is 0 Å². The third kappa shape index (κ3) is 6.43. The maximum absolute atomic E-state index is 11.0. The molecule has 4 nitrogen and oxygen atoms in total. The normalized spacial score (nSPS) is 11.3. The summed E-state index contributed by atoms with van der Waals surface area (Å²) < 4.78 is 0. The lowest BCUT2D eigenvalue weighted by Gasteiger charge is -2.17. The Balaban J connectivity index is 1.55. The summed E-state index contributed by atoms with van der Waals surface area (Å²) in [5.41, 5.74) is 9.45. The van der Waals surface area contributed by atoms with Crippen molar-refractivity contribution in [2.75, 3.05) is 0 Å². The average molecular weight is 594 g/mol. The molecule has 6 aromatic rings. The Labute approximate surface area is 263 Å². The number of nitrogens with zero attached hydrogens (tertiary/aromatic N) is 3. The van der Waals surface area contributed by atoms with E-state index in [0.29, 0.717) is 23.1 Å². The lowest BCUT2D eigenvalue weighted by molar-refractivity contribution is 0.477. The van der Waals surface area contributed by atoms with Gasteiger partial charge in [0.15, 0.2) is 0 Å². The molecule has 0 spiro atoms. The molecule has 0 atom stereocenters. The predicted octanol–water partition coefficient (Wildman–Crippen LogP) is 10.6. The van der Waals surface area contributed by atoms with E-state index in [2.05, 4.69) is 93.3 Å². The molecule has 5 heteroatoms. The highest BCUT2D eigenvalue weighted by Crippen LogP contribution is 2.39. The number of rotatable bonds is 8. The first-order valence-corrected chi connectivity index (χ1v) is 15.8. The second-order valence-corrected chi connectivity index (χ2v) is 12.6. The zero-order valence-electron chi connectivity index (χ0n) is 25.4. The third-order valence-electron chi connectivity index (χ3n) is 7.69. The smallest absolute Gasteiger partial charge is 0.125 e. The van der Waals surface area contributed by atoms with E-state index in [-0.39, 0.29) is 5.75 Å². The van der Waals surface area contributed by atoms with Gasteiger partial charge in [-0.1, -0.05) is 94.1 Å². The highest BCUT2D eigenvalue weighted by Gasteiger charge is 2.19. The van der Waals surface area contributed by atoms with Crippen LogP contribution in [0.5, 0.6) is 5.75 Å². The maximum Gasteiger partial charge on any atom is 0.125 e. The Hall–Kier alpha value is -4.74. The monoisotopic (exact) mass is 593 g/mol. The number of phenols is 1. The molecule has 0 saturated heterocycles. The molecule has 4 aromatic carbocycles. The van der Waals surface area contributed by atoms with Gasteiger partial charge in [0.05, 0.1) is 17.6 Å². The van der Waals surface area contributed by atoms with E-state index in [1.807, 2.05) is 54.9 Å². The van der Waals surface area contributed by atoms with Crippen LogP contribution in [0.4, 0.5) is 0 Å². The van der Waals surface area contributed by atoms with Crippen LogP contribution < -0.4 is 0 Å². The standard InChI is InChI=1S/C39H35N3OS/c1-25(2)28-18-29(26(3)4)20-32(19-28)38-39(34-14-8-9-15-36(34)43)42-35(24-41-38)31-21-30(27-12-6-5-7-13-27)22-33(23-31)44-37-16-10-11-17-40-37/h5-26,43H,1-4H3. The quantitative estimate of drug-likeness (QED) is 0.190. The summed E-state index contributed by atoms with van der Waals surface area (Å²) in [5.74, 6) is 0.904. The first-order valence-electron chi connectivity index (χ1n) is 15.0. The molecular formula is C39H35N3OS. The molecule has 0 amide bonds. The van der Waals surface area contributed by atoms with Gasteiger partial charge in [0.2, 0.25) is 0 Å². The van der Waals surface area contributed by atoms with Crippen molar-refractivity contribution in [2.24, 2.45) is 0 Å². The van der Waals surface area contributed by atoms with Crippen molar-refractivity contribution in [3.63, 3.8) is 0 Å². The van der Waals surface area contributed by atoms with Gasteiger partial charge >= 0.3 is 0 Å². The van der Waals surface area contributed by atoms with Gasteiger partial charge in [0.1, 0.15) is 16.5 Å². The van der Waals surface area contributed by atoms with Crippen molar-refractivity contribution >= 4 is 11.8 Å². The molecule has 0 radical (unpaired) electrons. The molecule has 218 valence electrons. The van der Waals surface area contributed by atoms with E-state index >= 15 is 0 Å². The van der Waals surface area contributed by atoms with E-state index in [1.54, 1.807) is 17.8 Å². The van der Waals surface area contributed by atoms with Crippen LogP contribution in [0.3, 0.4) is 0 Å². The van der Waals surface area contributed by atoms with Gasteiger partial charge in [-0.05, 0) is 88.7 Å². The van der Waals surface area contributed by atoms with E-state index in [4.69, 9.17) is 9.97 Å². The predicted molar refractivity (Wildman–Crippen MR) is 182 cm³/mol. The van der Waals surface area contributed by atoms with Gasteiger partial charge in [-0.3, -0.25) is 4.98 Å². The lowest BCUT2D eigenvalue weighted by atomic mass is 9.91. The summed E-state index contributed by atoms with van der Waals surface area (Å²) >= 11 is 1.62. The zero-order chi connectivity index (χ0) is 30.6. The first-order chi connectivity index (χ1) is 21.4. The second-order valence-electron chi connectivity index (χ2n) is 11.5. The molecule has 0 aliphatic heterocycles. The van der Waals surface area contributed by atoms with Crippen molar-refractivity contribution in [1.82, 2.24) is 15.0 Å². The van der Waals surface area contributed by atoms with E-state index in [0.717, 1.165) is 43.6 Å². The first kappa shape index (κ1) is 29.3. The van der Waals surface area contributed by atoms with Gasteiger partial charge in [-0.15, -0.1) is 0 Å². The number of benzene rings is 4. The minimum Gasteiger partial charge on any atom is -0.507 e. The molecule has 0 saturated carbocycles. The Morgan fingerprint density at radius 3 is 1.95 bits per heavy atom. The summed E-state index contributed by atoms with van der Waals surface area (Å²) in [6, 6.07) is 36.9. The minimum atomic E-state index is 0.175. The Morgan fingerprint density at radius 1 is 0.591 bits per heavy atom. The van der Waals surface area contributed by atoms with Crippen LogP contribution >= 0.6 is 11.8 Å². The lowest BCUT2D eigenvalue weighted by Crippen LogP contribution is -2.00. The molecule has 0 fully saturated rings. The fourth-order valence-electron chi connectivity index (χ4n) is 5.21. The summed E-state index contributed by atoms with van der Waals surface area (Å²) in [7, 11) is 0. The molecular weight excluding hydrogens is 559 g/mol. The van der Waals surface area contributed by atoms with Crippen LogP contribution in [0.15, 0.2) is 132 Å². The molecule has 0 bridgehead atoms. The van der Waals surface area contributed by atoms with Crippen LogP contribution in [0.25, 0.3) is 44.9 Å². The summed E-state index contributed by atoms with van der Waals surface area (Å²) in [6.07, 6.45) is 3.67. The van der Waals surface area contributed by atoms with Gasteiger partial charge in [-0.2, -0.15) is 0 Å². The highest BCUT2D eigenvalue weighted by molar-refractivity contribution is 7.99. The van der Waals surface area contributed by atoms with Crippen molar-refractivity contribution in [3.8, 4) is 50.6 Å². The zero-order valence-corrected chi connectivity index (χ0v) is 26.2. The van der Waals surface area contributed by atoms with Crippen LogP contribution in [-0.4, -0.2) is 20.1 Å². The second kappa shape index (κ2) is 12.9. The number of phenolic OH excluding ortho intramolecular Hbond substituents is 1. The topological polar surface area (TPSA) is 58.9 Å². The van der Waals surface area contributed by atoms with Gasteiger partial charge in [0.25, 0.3) is 0 Å². The number of hydrogen-bond donors (Lipinski definition) is 1. The van der Waals surface area contributed by atoms with E-state index in [9.17, 15) is 5.11 Å². The number of hydrogen-bond acceptors (Lipinski definition) is 5. The Bertz CT molecular complexity index is 1880. The third-order valence-corrected chi connectivity index (χ3v) is 8.61. The number of para-hydroxylation sites is 1. The fraction of sp³-hybridized carbons (Fsp3) is 0.154. The van der Waals surface area contributed by atoms with Crippen molar-refractivity contribution in [1.29, 1.82) is 0 Å². The SMILES string of the molecule is CC(C)c1cc(-c2ncc(-c3cc(Sc4ccccn4)cc(-c4ccccc4)c3)nc2-c2ccccc2O)cc(C(C)C)c1. The highest BCUT2D eigenvalue weighted by atomic mass is 32.2. The molecule has 0 aliphatic carbocycles. The number of aromatic nitrogens is 3. The average Bonchev–Trinajstić information content (AvgIpc) is 3.05. The van der Waals surface area contributed by atoms with Crippen molar-refractivity contribution < 1.29 is 5.11 Å². The number of aromatic hydroxyl groups is 1. The Morgan fingerprint density at radius 2 is 1.27 bits per heavy atom. The fourth-order valence-corrected chi connectivity index (χ4v) is 6.09. The van der Waals surface area contributed by atoms with Crippen LogP contribution in [0, 0.1) is 0 Å². The Kier molecular flexibility index (Phi) is 8.58. The summed E-state index contributed by atoms with van der Waals surface area (Å²) in [6.45, 7) is 8.84. The molecule has 6 rings (SSSR count). The van der Waals surface area contributed by atoms with E-state index in [1.165, 1.54) is 11.1 Å². The van der Waals surface area contributed by atoms with Crippen molar-refractivity contribution in [2.45, 2.75) is 49.5 Å². The summed E-state index contributed by atoms with van der Waals surface area (Å²) in [5, 5.41) is 11.9. The maximum atomic E-state index is 11.0. The molecule has 0 unspecified atom stereocenters. The molecule has 2 heterocycles. The molecule has 0 aliphatic rings. The molecule has 1 N–H and O–H groups in total. The van der Waals surface area contributed by atoms with Gasteiger partial charge in [0, 0.05) is 27.8 Å². The number of pyridine rings is 1.